The molecule has 2 aliphatic heterocycles. The molecule has 8 nitrogen and oxygen atoms in total. The Bertz CT molecular complexity index is 1980. The third-order valence-corrected chi connectivity index (χ3v) is 9.83. The first-order valence-electron chi connectivity index (χ1n) is 17.6. The molecule has 0 spiro atoms. The molecular weight excluding hydrogens is 604 g/mol. The molecule has 248 valence electrons. The standard InChI is InChI=1S/C40H42N2O6/c1-5-9-11-17-41-37(43)25-15-13-23-24-14-16-26-32-28(40(46)42(38(26)44)18-12-10-6-2)22-30(48-20-8-4)36(34(24)32)35-29(47-19-7-3)21-27(39(41)45)31(25)33(23)35/h13-16,21-22H,5-12,17-20H2,1-4H3. The molecule has 0 atom stereocenters. The van der Waals surface area contributed by atoms with Crippen LogP contribution in [0, 0.1) is 0 Å². The van der Waals surface area contributed by atoms with Crippen molar-refractivity contribution >= 4 is 66.7 Å². The molecule has 4 amide bonds. The molecule has 0 fully saturated rings. The van der Waals surface area contributed by atoms with E-state index in [0.29, 0.717) is 70.8 Å². The number of benzene rings is 5. The maximum atomic E-state index is 14.1. The molecule has 0 saturated carbocycles. The normalized spacial score (nSPS) is 14.5. The number of imide groups is 2. The first-order valence-corrected chi connectivity index (χ1v) is 17.6. The summed E-state index contributed by atoms with van der Waals surface area (Å²) in [5.41, 5.74) is 1.87. The van der Waals surface area contributed by atoms with Gasteiger partial charge in [-0.1, -0.05) is 65.5 Å². The Labute approximate surface area is 280 Å². The molecule has 48 heavy (non-hydrogen) atoms. The minimum Gasteiger partial charge on any atom is -0.493 e. The highest BCUT2D eigenvalue weighted by Crippen LogP contribution is 2.52. The van der Waals surface area contributed by atoms with Crippen LogP contribution < -0.4 is 9.47 Å². The van der Waals surface area contributed by atoms with Gasteiger partial charge in [-0.3, -0.25) is 29.0 Å². The third kappa shape index (κ3) is 4.71. The molecule has 0 radical (unpaired) electrons. The van der Waals surface area contributed by atoms with Gasteiger partial charge >= 0.3 is 0 Å². The Morgan fingerprint density at radius 1 is 0.458 bits per heavy atom. The van der Waals surface area contributed by atoms with Crippen LogP contribution in [-0.2, 0) is 0 Å². The average molecular weight is 647 g/mol. The van der Waals surface area contributed by atoms with E-state index in [-0.39, 0.29) is 23.6 Å². The molecule has 7 rings (SSSR count). The van der Waals surface area contributed by atoms with Crippen molar-refractivity contribution in [1.29, 1.82) is 0 Å². The van der Waals surface area contributed by atoms with Crippen molar-refractivity contribution in [2.24, 2.45) is 0 Å². The topological polar surface area (TPSA) is 93.2 Å². The van der Waals surface area contributed by atoms with Crippen molar-refractivity contribution in [2.45, 2.75) is 79.1 Å². The maximum Gasteiger partial charge on any atom is 0.261 e. The second-order valence-electron chi connectivity index (χ2n) is 13.1. The number of hydrogen-bond donors (Lipinski definition) is 0. The Kier molecular flexibility index (Phi) is 8.44. The van der Waals surface area contributed by atoms with E-state index in [1.165, 1.54) is 9.80 Å². The largest absolute Gasteiger partial charge is 0.493 e. The van der Waals surface area contributed by atoms with Gasteiger partial charge in [-0.15, -0.1) is 0 Å². The SMILES string of the molecule is CCCCCN1C(=O)c2ccc3c4ccc5c6c(cc(OCCC)c(c7c(OCCC)cc(c2c37)C1=O)c64)C(=O)N(CCCCC)C5=O. The Morgan fingerprint density at radius 3 is 1.23 bits per heavy atom. The van der Waals surface area contributed by atoms with E-state index in [9.17, 15) is 19.2 Å². The minimum absolute atomic E-state index is 0.291. The van der Waals surface area contributed by atoms with Crippen LogP contribution in [0.4, 0.5) is 0 Å². The summed E-state index contributed by atoms with van der Waals surface area (Å²) < 4.78 is 12.9. The number of rotatable bonds is 14. The Morgan fingerprint density at radius 2 is 0.854 bits per heavy atom. The van der Waals surface area contributed by atoms with Crippen LogP contribution in [0.3, 0.4) is 0 Å². The fraction of sp³-hybridized carbons (Fsp3) is 0.400. The van der Waals surface area contributed by atoms with Crippen LogP contribution in [0.1, 0.15) is 120 Å². The summed E-state index contributed by atoms with van der Waals surface area (Å²) >= 11 is 0. The van der Waals surface area contributed by atoms with Gasteiger partial charge in [-0.2, -0.15) is 0 Å². The fourth-order valence-corrected chi connectivity index (χ4v) is 7.58. The van der Waals surface area contributed by atoms with Crippen molar-refractivity contribution in [3.8, 4) is 11.5 Å². The second-order valence-corrected chi connectivity index (χ2v) is 13.1. The van der Waals surface area contributed by atoms with Gasteiger partial charge in [0.05, 0.1) is 24.3 Å². The van der Waals surface area contributed by atoms with Gasteiger partial charge in [-0.05, 0) is 60.7 Å². The smallest absolute Gasteiger partial charge is 0.261 e. The highest BCUT2D eigenvalue weighted by molar-refractivity contribution is 6.43. The van der Waals surface area contributed by atoms with E-state index in [4.69, 9.17) is 9.47 Å². The van der Waals surface area contributed by atoms with Gasteiger partial charge in [0.2, 0.25) is 0 Å². The van der Waals surface area contributed by atoms with Crippen LogP contribution in [0.15, 0.2) is 36.4 Å². The van der Waals surface area contributed by atoms with E-state index in [0.717, 1.165) is 83.7 Å². The zero-order chi connectivity index (χ0) is 33.7. The third-order valence-electron chi connectivity index (χ3n) is 9.83. The number of carbonyl (C=O) groups excluding carboxylic acids is 4. The Hall–Kier alpha value is -4.72. The highest BCUT2D eigenvalue weighted by Gasteiger charge is 2.38. The first kappa shape index (κ1) is 31.9. The zero-order valence-corrected chi connectivity index (χ0v) is 28.3. The number of ether oxygens (including phenoxy) is 2. The van der Waals surface area contributed by atoms with Crippen LogP contribution in [0.5, 0.6) is 11.5 Å². The van der Waals surface area contributed by atoms with E-state index in [1.807, 2.05) is 38.1 Å². The van der Waals surface area contributed by atoms with Gasteiger partial charge in [0, 0.05) is 56.5 Å². The zero-order valence-electron chi connectivity index (χ0n) is 28.3. The van der Waals surface area contributed by atoms with Crippen molar-refractivity contribution in [1.82, 2.24) is 9.80 Å². The molecule has 0 bridgehead atoms. The number of nitrogens with zero attached hydrogens (tertiary/aromatic N) is 2. The van der Waals surface area contributed by atoms with Gasteiger partial charge in [0.15, 0.2) is 0 Å². The summed E-state index contributed by atoms with van der Waals surface area (Å²) in [5.74, 6) is -0.159. The minimum atomic E-state index is -0.313. The molecule has 2 heterocycles. The molecule has 0 unspecified atom stereocenters. The lowest BCUT2D eigenvalue weighted by atomic mass is 9.81. The molecule has 0 aromatic heterocycles. The fourth-order valence-electron chi connectivity index (χ4n) is 7.58. The van der Waals surface area contributed by atoms with Crippen molar-refractivity contribution < 1.29 is 28.7 Å². The molecule has 2 aliphatic rings. The molecule has 5 aromatic carbocycles. The van der Waals surface area contributed by atoms with Crippen LogP contribution in [0.2, 0.25) is 0 Å². The molecule has 0 N–H and O–H groups in total. The summed E-state index contributed by atoms with van der Waals surface area (Å²) in [6.45, 7) is 9.80. The maximum absolute atomic E-state index is 14.1. The van der Waals surface area contributed by atoms with Gasteiger partial charge in [0.1, 0.15) is 11.5 Å². The van der Waals surface area contributed by atoms with Crippen LogP contribution in [0.25, 0.3) is 43.1 Å². The highest BCUT2D eigenvalue weighted by atomic mass is 16.5. The summed E-state index contributed by atoms with van der Waals surface area (Å²) in [4.78, 5) is 58.8. The van der Waals surface area contributed by atoms with Crippen molar-refractivity contribution in [3.63, 3.8) is 0 Å². The van der Waals surface area contributed by atoms with E-state index in [2.05, 4.69) is 13.8 Å². The van der Waals surface area contributed by atoms with Crippen LogP contribution in [-0.4, -0.2) is 59.7 Å². The lowest BCUT2D eigenvalue weighted by Gasteiger charge is -2.31. The number of carbonyl (C=O) groups is 4. The molecule has 0 aliphatic carbocycles. The summed E-state index contributed by atoms with van der Waals surface area (Å²) in [7, 11) is 0. The summed E-state index contributed by atoms with van der Waals surface area (Å²) in [6, 6.07) is 11.1. The Balaban J connectivity index is 1.59. The summed E-state index contributed by atoms with van der Waals surface area (Å²) in [6.07, 6.45) is 6.80. The number of hydrogen-bond acceptors (Lipinski definition) is 6. The second kappa shape index (κ2) is 12.7. The van der Waals surface area contributed by atoms with E-state index in [1.54, 1.807) is 12.1 Å². The van der Waals surface area contributed by atoms with E-state index < -0.39 is 0 Å². The summed E-state index contributed by atoms with van der Waals surface area (Å²) in [5, 5.41) is 5.86. The van der Waals surface area contributed by atoms with Crippen LogP contribution >= 0.6 is 0 Å². The molecule has 5 aromatic rings. The predicted octanol–water partition coefficient (Wildman–Crippen LogP) is 8.89. The number of fused-ring (bicyclic) bond motifs is 2. The number of amides is 4. The molecule has 8 heteroatoms. The monoisotopic (exact) mass is 646 g/mol. The van der Waals surface area contributed by atoms with Crippen molar-refractivity contribution in [2.75, 3.05) is 26.3 Å². The lowest BCUT2D eigenvalue weighted by molar-refractivity contribution is 0.0592. The quantitative estimate of drug-likeness (QED) is 0.0518. The van der Waals surface area contributed by atoms with Crippen molar-refractivity contribution in [3.05, 3.63) is 58.7 Å². The molecular formula is C40H42N2O6. The molecule has 0 saturated heterocycles. The van der Waals surface area contributed by atoms with Gasteiger partial charge in [-0.25, -0.2) is 0 Å². The van der Waals surface area contributed by atoms with E-state index >= 15 is 0 Å². The number of unbranched alkanes of at least 4 members (excludes halogenated alkanes) is 4. The van der Waals surface area contributed by atoms with Gasteiger partial charge < -0.3 is 9.47 Å². The predicted molar refractivity (Wildman–Crippen MR) is 189 cm³/mol. The van der Waals surface area contributed by atoms with Gasteiger partial charge in [0.25, 0.3) is 23.6 Å². The average Bonchev–Trinajstić information content (AvgIpc) is 3.10. The first-order chi connectivity index (χ1) is 23.4. The lowest BCUT2D eigenvalue weighted by Crippen LogP contribution is -2.41.